The normalized spacial score (nSPS) is 18.2. The number of halogens is 1. The molecule has 1 aliphatic rings. The Kier molecular flexibility index (Phi) is 6.26. The summed E-state index contributed by atoms with van der Waals surface area (Å²) in [7, 11) is -3.01. The molecule has 2 rings (SSSR count). The second-order valence-corrected chi connectivity index (χ2v) is 8.18. The van der Waals surface area contributed by atoms with Crippen LogP contribution in [-0.2, 0) is 16.6 Å². The smallest absolute Gasteiger partial charge is 0.211 e. The zero-order chi connectivity index (χ0) is 13.2. The van der Waals surface area contributed by atoms with Crippen molar-refractivity contribution in [2.45, 2.75) is 32.4 Å². The number of nitrogens with zero attached hydrogens (tertiary/aromatic N) is 1. The molecule has 2 heterocycles. The van der Waals surface area contributed by atoms with Gasteiger partial charge in [-0.25, -0.2) is 12.7 Å². The maximum Gasteiger partial charge on any atom is 0.211 e. The van der Waals surface area contributed by atoms with Gasteiger partial charge in [-0.2, -0.15) is 0 Å². The number of aryl methyl sites for hydroxylation is 1. The van der Waals surface area contributed by atoms with Crippen molar-refractivity contribution < 1.29 is 8.42 Å². The molecule has 0 aromatic carbocycles. The van der Waals surface area contributed by atoms with Gasteiger partial charge in [0.15, 0.2) is 0 Å². The van der Waals surface area contributed by atoms with E-state index in [0.29, 0.717) is 19.1 Å². The molecule has 19 heavy (non-hydrogen) atoms. The van der Waals surface area contributed by atoms with Crippen LogP contribution in [0.2, 0.25) is 0 Å². The van der Waals surface area contributed by atoms with E-state index in [-0.39, 0.29) is 12.4 Å². The summed E-state index contributed by atoms with van der Waals surface area (Å²) < 4.78 is 24.3. The quantitative estimate of drug-likeness (QED) is 0.921. The highest BCUT2D eigenvalue weighted by atomic mass is 35.5. The van der Waals surface area contributed by atoms with Gasteiger partial charge < -0.3 is 5.32 Å². The molecule has 110 valence electrons. The fourth-order valence-corrected chi connectivity index (χ4v) is 3.93. The van der Waals surface area contributed by atoms with E-state index in [4.69, 9.17) is 0 Å². The molecule has 7 heteroatoms. The number of piperidine rings is 1. The van der Waals surface area contributed by atoms with Crippen LogP contribution in [0, 0.1) is 6.92 Å². The monoisotopic (exact) mass is 324 g/mol. The van der Waals surface area contributed by atoms with Gasteiger partial charge in [-0.15, -0.1) is 23.7 Å². The number of nitrogens with one attached hydrogen (secondary N) is 1. The Morgan fingerprint density at radius 2 is 2.00 bits per heavy atom. The van der Waals surface area contributed by atoms with Crippen LogP contribution >= 0.6 is 23.7 Å². The second-order valence-electron chi connectivity index (χ2n) is 4.83. The summed E-state index contributed by atoms with van der Waals surface area (Å²) in [4.78, 5) is 2.68. The minimum absolute atomic E-state index is 0. The Morgan fingerprint density at radius 3 is 2.47 bits per heavy atom. The Labute approximate surface area is 125 Å². The van der Waals surface area contributed by atoms with Gasteiger partial charge in [-0.3, -0.25) is 0 Å². The van der Waals surface area contributed by atoms with Gasteiger partial charge in [0, 0.05) is 35.4 Å². The third-order valence-electron chi connectivity index (χ3n) is 3.28. The van der Waals surface area contributed by atoms with Gasteiger partial charge in [0.25, 0.3) is 0 Å². The van der Waals surface area contributed by atoms with Crippen molar-refractivity contribution in [3.8, 4) is 0 Å². The average molecular weight is 325 g/mol. The van der Waals surface area contributed by atoms with Crippen LogP contribution in [0.25, 0.3) is 0 Å². The van der Waals surface area contributed by atoms with E-state index in [1.165, 1.54) is 16.0 Å². The van der Waals surface area contributed by atoms with E-state index in [1.807, 2.05) is 11.3 Å². The summed E-state index contributed by atoms with van der Waals surface area (Å²) in [5, 5.41) is 3.51. The zero-order valence-electron chi connectivity index (χ0n) is 11.3. The highest BCUT2D eigenvalue weighted by Gasteiger charge is 2.24. The summed E-state index contributed by atoms with van der Waals surface area (Å²) in [6.07, 6.45) is 3.09. The van der Waals surface area contributed by atoms with Crippen LogP contribution < -0.4 is 5.32 Å². The Bertz CT molecular complexity index is 494. The molecule has 0 aliphatic carbocycles. The first-order valence-electron chi connectivity index (χ1n) is 6.19. The third-order valence-corrected chi connectivity index (χ3v) is 5.59. The highest BCUT2D eigenvalue weighted by Crippen LogP contribution is 2.17. The first-order chi connectivity index (χ1) is 8.45. The molecule has 1 aromatic rings. The molecule has 0 saturated carbocycles. The summed E-state index contributed by atoms with van der Waals surface area (Å²) in [6.45, 7) is 4.28. The summed E-state index contributed by atoms with van der Waals surface area (Å²) in [5.41, 5.74) is 0. The molecular formula is C12H21ClN2O2S2. The Hall–Kier alpha value is -0.140. The maximum absolute atomic E-state index is 11.4. The molecule has 0 radical (unpaired) electrons. The van der Waals surface area contributed by atoms with Gasteiger partial charge >= 0.3 is 0 Å². The molecule has 1 aromatic heterocycles. The molecule has 0 bridgehead atoms. The molecule has 1 N–H and O–H groups in total. The maximum atomic E-state index is 11.4. The van der Waals surface area contributed by atoms with Crippen LogP contribution in [0.1, 0.15) is 22.6 Å². The van der Waals surface area contributed by atoms with Crippen molar-refractivity contribution in [2.75, 3.05) is 19.3 Å². The Balaban J connectivity index is 0.00000180. The first-order valence-corrected chi connectivity index (χ1v) is 8.85. The lowest BCUT2D eigenvalue weighted by molar-refractivity contribution is 0.290. The van der Waals surface area contributed by atoms with Gasteiger partial charge in [0.2, 0.25) is 10.0 Å². The SMILES string of the molecule is Cc1ccc(CNC2CCN(S(C)(=O)=O)CC2)s1.Cl. The second kappa shape index (κ2) is 7.04. The van der Waals surface area contributed by atoms with E-state index in [9.17, 15) is 8.42 Å². The van der Waals surface area contributed by atoms with Gasteiger partial charge in [0.05, 0.1) is 6.26 Å². The van der Waals surface area contributed by atoms with E-state index < -0.39 is 10.0 Å². The lowest BCUT2D eigenvalue weighted by Gasteiger charge is -2.30. The number of thiophene rings is 1. The summed E-state index contributed by atoms with van der Waals surface area (Å²) in [5.74, 6) is 0. The van der Waals surface area contributed by atoms with Crippen molar-refractivity contribution >= 4 is 33.8 Å². The topological polar surface area (TPSA) is 49.4 Å². The minimum atomic E-state index is -3.01. The predicted octanol–water partition coefficient (Wildman–Crippen LogP) is 1.99. The molecule has 1 fully saturated rings. The average Bonchev–Trinajstić information content (AvgIpc) is 2.72. The van der Waals surface area contributed by atoms with Crippen LogP contribution in [-0.4, -0.2) is 38.1 Å². The standard InChI is InChI=1S/C12H20N2O2S2.ClH/c1-10-3-4-12(17-10)9-13-11-5-7-14(8-6-11)18(2,15)16;/h3-4,11,13H,5-9H2,1-2H3;1H. The van der Waals surface area contributed by atoms with Crippen molar-refractivity contribution in [1.82, 2.24) is 9.62 Å². The molecule has 0 atom stereocenters. The predicted molar refractivity (Wildman–Crippen MR) is 82.6 cm³/mol. The summed E-state index contributed by atoms with van der Waals surface area (Å²) >= 11 is 1.81. The van der Waals surface area contributed by atoms with E-state index in [0.717, 1.165) is 19.4 Å². The number of hydrogen-bond donors (Lipinski definition) is 1. The molecule has 1 saturated heterocycles. The molecule has 0 spiro atoms. The fraction of sp³-hybridized carbons (Fsp3) is 0.667. The third kappa shape index (κ3) is 5.04. The number of sulfonamides is 1. The lowest BCUT2D eigenvalue weighted by Crippen LogP contribution is -2.44. The van der Waals surface area contributed by atoms with E-state index >= 15 is 0 Å². The highest BCUT2D eigenvalue weighted by molar-refractivity contribution is 7.88. The molecule has 0 amide bonds. The van der Waals surface area contributed by atoms with Crippen LogP contribution in [0.4, 0.5) is 0 Å². The van der Waals surface area contributed by atoms with Gasteiger partial charge in [0.1, 0.15) is 0 Å². The first kappa shape index (κ1) is 16.9. The fourth-order valence-electron chi connectivity index (χ4n) is 2.22. The van der Waals surface area contributed by atoms with Crippen LogP contribution in [0.5, 0.6) is 0 Å². The van der Waals surface area contributed by atoms with E-state index in [1.54, 1.807) is 4.31 Å². The molecule has 0 unspecified atom stereocenters. The van der Waals surface area contributed by atoms with Gasteiger partial charge in [-0.1, -0.05) is 0 Å². The van der Waals surface area contributed by atoms with Gasteiger partial charge in [-0.05, 0) is 31.9 Å². The van der Waals surface area contributed by atoms with Crippen molar-refractivity contribution in [3.63, 3.8) is 0 Å². The molecule has 1 aliphatic heterocycles. The Morgan fingerprint density at radius 1 is 1.37 bits per heavy atom. The molecular weight excluding hydrogens is 304 g/mol. The van der Waals surface area contributed by atoms with Crippen molar-refractivity contribution in [2.24, 2.45) is 0 Å². The lowest BCUT2D eigenvalue weighted by atomic mass is 10.1. The van der Waals surface area contributed by atoms with Crippen LogP contribution in [0.3, 0.4) is 0 Å². The molecule has 4 nitrogen and oxygen atoms in total. The van der Waals surface area contributed by atoms with E-state index in [2.05, 4.69) is 24.4 Å². The number of hydrogen-bond acceptors (Lipinski definition) is 4. The minimum Gasteiger partial charge on any atom is -0.309 e. The number of rotatable bonds is 4. The van der Waals surface area contributed by atoms with Crippen molar-refractivity contribution in [3.05, 3.63) is 21.9 Å². The van der Waals surface area contributed by atoms with Crippen molar-refractivity contribution in [1.29, 1.82) is 0 Å². The van der Waals surface area contributed by atoms with Crippen LogP contribution in [0.15, 0.2) is 12.1 Å². The largest absolute Gasteiger partial charge is 0.309 e. The zero-order valence-corrected chi connectivity index (χ0v) is 13.7. The summed E-state index contributed by atoms with van der Waals surface area (Å²) in [6, 6.07) is 4.72.